The van der Waals surface area contributed by atoms with Crippen LogP contribution in [-0.4, -0.2) is 30.8 Å². The van der Waals surface area contributed by atoms with Crippen molar-refractivity contribution in [2.75, 3.05) is 13.7 Å². The molecule has 0 aromatic heterocycles. The number of unbranched alkanes of at least 4 members (excludes halogenated alkanes) is 8. The van der Waals surface area contributed by atoms with Crippen LogP contribution >= 0.6 is 0 Å². The molecule has 0 amide bonds. The van der Waals surface area contributed by atoms with Crippen molar-refractivity contribution in [1.82, 2.24) is 0 Å². The van der Waals surface area contributed by atoms with E-state index in [9.17, 15) is 9.90 Å². The van der Waals surface area contributed by atoms with Gasteiger partial charge in [0.25, 0.3) is 0 Å². The minimum absolute atomic E-state index is 0.117. The molecule has 0 spiro atoms. The van der Waals surface area contributed by atoms with Gasteiger partial charge in [-0.1, -0.05) is 43.6 Å². The maximum absolute atomic E-state index is 10.9. The number of carbonyl (C=O) groups is 1. The van der Waals surface area contributed by atoms with Gasteiger partial charge in [0.2, 0.25) is 0 Å². The topological polar surface area (TPSA) is 72.5 Å². The summed E-state index contributed by atoms with van der Waals surface area (Å²) in [4.78, 5) is 10.9. The number of allylic oxidation sites excluding steroid dienone is 4. The minimum Gasteiger partial charge on any atom is -0.469 e. The van der Waals surface area contributed by atoms with E-state index in [0.717, 1.165) is 38.5 Å². The summed E-state index contributed by atoms with van der Waals surface area (Å²) < 4.78 is 4.61. The molecule has 0 aromatic carbocycles. The van der Waals surface area contributed by atoms with Crippen LogP contribution in [0.4, 0.5) is 0 Å². The average Bonchev–Trinajstić information content (AvgIpc) is 2.63. The van der Waals surface area contributed by atoms with Gasteiger partial charge in [-0.3, -0.25) is 4.79 Å². The van der Waals surface area contributed by atoms with Crippen molar-refractivity contribution in [2.24, 2.45) is 5.73 Å². The van der Waals surface area contributed by atoms with E-state index in [2.05, 4.69) is 29.0 Å². The zero-order valence-electron chi connectivity index (χ0n) is 16.1. The highest BCUT2D eigenvalue weighted by Gasteiger charge is 1.98. The van der Waals surface area contributed by atoms with Gasteiger partial charge in [-0.2, -0.15) is 0 Å². The fraction of sp³-hybridized carbons (Fsp3) is 0.762. The summed E-state index contributed by atoms with van der Waals surface area (Å²) in [5.74, 6) is -0.117. The second kappa shape index (κ2) is 19.2. The number of aliphatic hydroxyl groups excluding tert-OH is 1. The summed E-state index contributed by atoms with van der Waals surface area (Å²) in [7, 11) is 1.44. The Hall–Kier alpha value is -1.13. The fourth-order valence-electron chi connectivity index (χ4n) is 2.58. The Morgan fingerprint density at radius 3 is 1.88 bits per heavy atom. The van der Waals surface area contributed by atoms with Crippen LogP contribution in [0, 0.1) is 0 Å². The molecule has 0 radical (unpaired) electrons. The highest BCUT2D eigenvalue weighted by atomic mass is 16.5. The summed E-state index contributed by atoms with van der Waals surface area (Å²) in [6.45, 7) is 0.370. The maximum atomic E-state index is 10.9. The zero-order valence-corrected chi connectivity index (χ0v) is 16.1. The van der Waals surface area contributed by atoms with Crippen LogP contribution in [0.25, 0.3) is 0 Å². The molecule has 4 heteroatoms. The lowest BCUT2D eigenvalue weighted by molar-refractivity contribution is -0.140. The van der Waals surface area contributed by atoms with Crippen molar-refractivity contribution >= 4 is 5.97 Å². The van der Waals surface area contributed by atoms with Gasteiger partial charge in [-0.25, -0.2) is 0 Å². The van der Waals surface area contributed by atoms with Crippen molar-refractivity contribution in [2.45, 2.75) is 89.6 Å². The van der Waals surface area contributed by atoms with Gasteiger partial charge in [-0.05, 0) is 57.8 Å². The normalized spacial score (nSPS) is 12.9. The number of hydrogen-bond acceptors (Lipinski definition) is 4. The summed E-state index contributed by atoms with van der Waals surface area (Å²) >= 11 is 0. The molecule has 1 atom stereocenters. The van der Waals surface area contributed by atoms with E-state index in [1.165, 1.54) is 45.6 Å². The van der Waals surface area contributed by atoms with Gasteiger partial charge in [0, 0.05) is 13.0 Å². The van der Waals surface area contributed by atoms with E-state index in [4.69, 9.17) is 5.73 Å². The van der Waals surface area contributed by atoms with Gasteiger partial charge < -0.3 is 15.6 Å². The number of methoxy groups -OCH3 is 1. The number of aliphatic hydroxyl groups is 1. The average molecular weight is 354 g/mol. The van der Waals surface area contributed by atoms with E-state index < -0.39 is 0 Å². The molecule has 4 nitrogen and oxygen atoms in total. The van der Waals surface area contributed by atoms with Crippen LogP contribution in [0.15, 0.2) is 24.3 Å². The third kappa shape index (κ3) is 19.0. The SMILES string of the molecule is COC(=O)CCC/C=C\CCCCCCC/C=C\CCC[C@H](O)CN. The first-order valence-electron chi connectivity index (χ1n) is 9.95. The van der Waals surface area contributed by atoms with Crippen molar-refractivity contribution in [3.05, 3.63) is 24.3 Å². The molecule has 0 rings (SSSR count). The molecule has 0 saturated heterocycles. The van der Waals surface area contributed by atoms with Crippen LogP contribution < -0.4 is 5.73 Å². The number of esters is 1. The molecular weight excluding hydrogens is 314 g/mol. The second-order valence-electron chi connectivity index (χ2n) is 6.58. The second-order valence-corrected chi connectivity index (χ2v) is 6.58. The molecule has 0 aliphatic carbocycles. The highest BCUT2D eigenvalue weighted by Crippen LogP contribution is 2.09. The van der Waals surface area contributed by atoms with Crippen molar-refractivity contribution in [3.63, 3.8) is 0 Å². The van der Waals surface area contributed by atoms with E-state index in [1.807, 2.05) is 0 Å². The molecule has 0 unspecified atom stereocenters. The Morgan fingerprint density at radius 2 is 1.36 bits per heavy atom. The van der Waals surface area contributed by atoms with E-state index in [1.54, 1.807) is 0 Å². The molecule has 0 heterocycles. The Kier molecular flexibility index (Phi) is 18.3. The summed E-state index contributed by atoms with van der Waals surface area (Å²) in [5, 5.41) is 9.33. The zero-order chi connectivity index (χ0) is 18.6. The summed E-state index contributed by atoms with van der Waals surface area (Å²) in [5.41, 5.74) is 5.37. The van der Waals surface area contributed by atoms with E-state index >= 15 is 0 Å². The Balaban J connectivity index is 3.22. The summed E-state index contributed by atoms with van der Waals surface area (Å²) in [6.07, 6.45) is 22.6. The van der Waals surface area contributed by atoms with Gasteiger partial charge in [0.1, 0.15) is 0 Å². The molecule has 3 N–H and O–H groups in total. The lowest BCUT2D eigenvalue weighted by Gasteiger charge is -2.04. The largest absolute Gasteiger partial charge is 0.469 e. The lowest BCUT2D eigenvalue weighted by atomic mass is 10.1. The standard InChI is InChI=1S/C21H39NO3/c1-25-21(24)18-16-14-12-10-8-6-4-2-3-5-7-9-11-13-15-17-20(23)19-22/h9-12,20,23H,2-8,13-19,22H2,1H3/b11-9-,12-10-/t20-/m0/s1. The quantitative estimate of drug-likeness (QED) is 0.226. The predicted molar refractivity (Wildman–Crippen MR) is 105 cm³/mol. The van der Waals surface area contributed by atoms with Crippen LogP contribution in [0.2, 0.25) is 0 Å². The van der Waals surface area contributed by atoms with Crippen LogP contribution in [-0.2, 0) is 9.53 Å². The van der Waals surface area contributed by atoms with E-state index in [-0.39, 0.29) is 12.1 Å². The van der Waals surface area contributed by atoms with Gasteiger partial charge in [-0.15, -0.1) is 0 Å². The predicted octanol–water partition coefficient (Wildman–Crippen LogP) is 4.66. The Labute approximate surface area is 154 Å². The Bertz CT molecular complexity index is 353. The van der Waals surface area contributed by atoms with Gasteiger partial charge in [0.15, 0.2) is 0 Å². The molecule has 0 aliphatic heterocycles. The van der Waals surface area contributed by atoms with Gasteiger partial charge in [0.05, 0.1) is 13.2 Å². The number of rotatable bonds is 17. The molecule has 0 fully saturated rings. The molecule has 0 saturated carbocycles. The first-order valence-corrected chi connectivity index (χ1v) is 9.95. The molecule has 0 bridgehead atoms. The molecular formula is C21H39NO3. The third-order valence-corrected chi connectivity index (χ3v) is 4.23. The first kappa shape index (κ1) is 23.9. The van der Waals surface area contributed by atoms with Crippen LogP contribution in [0.5, 0.6) is 0 Å². The highest BCUT2D eigenvalue weighted by molar-refractivity contribution is 5.68. The van der Waals surface area contributed by atoms with Crippen molar-refractivity contribution in [1.29, 1.82) is 0 Å². The molecule has 25 heavy (non-hydrogen) atoms. The van der Waals surface area contributed by atoms with Crippen LogP contribution in [0.1, 0.15) is 83.5 Å². The van der Waals surface area contributed by atoms with E-state index in [0.29, 0.717) is 13.0 Å². The van der Waals surface area contributed by atoms with Crippen molar-refractivity contribution in [3.8, 4) is 0 Å². The monoisotopic (exact) mass is 353 g/mol. The molecule has 146 valence electrons. The molecule has 0 aromatic rings. The smallest absolute Gasteiger partial charge is 0.305 e. The number of carbonyl (C=O) groups excluding carboxylic acids is 1. The first-order chi connectivity index (χ1) is 12.2. The van der Waals surface area contributed by atoms with Crippen LogP contribution in [0.3, 0.4) is 0 Å². The number of hydrogen-bond donors (Lipinski definition) is 2. The minimum atomic E-state index is -0.330. The number of ether oxygens (including phenoxy) is 1. The lowest BCUT2D eigenvalue weighted by Crippen LogP contribution is -2.18. The number of nitrogens with two attached hydrogens (primary N) is 1. The summed E-state index contributed by atoms with van der Waals surface area (Å²) in [6, 6.07) is 0. The van der Waals surface area contributed by atoms with Gasteiger partial charge >= 0.3 is 5.97 Å². The fourth-order valence-corrected chi connectivity index (χ4v) is 2.58. The third-order valence-electron chi connectivity index (χ3n) is 4.23. The molecule has 0 aliphatic rings. The van der Waals surface area contributed by atoms with Crippen molar-refractivity contribution < 1.29 is 14.6 Å². The maximum Gasteiger partial charge on any atom is 0.305 e. The Morgan fingerprint density at radius 1 is 0.880 bits per heavy atom.